The molecule has 0 bridgehead atoms. The lowest BCUT2D eigenvalue weighted by Gasteiger charge is -2.43. The smallest absolute Gasteiger partial charge is 0.242 e. The Labute approximate surface area is 194 Å². The van der Waals surface area contributed by atoms with E-state index in [1.807, 2.05) is 6.07 Å². The number of hydrogen-bond donors (Lipinski definition) is 1. The molecule has 2 fully saturated rings. The number of rotatable bonds is 4. The molecule has 1 spiro atoms. The zero-order valence-corrected chi connectivity index (χ0v) is 18.2. The maximum atomic E-state index is 15.0. The molecule has 1 aromatic carbocycles. The molecule has 3 aromatic rings. The summed E-state index contributed by atoms with van der Waals surface area (Å²) in [6, 6.07) is 10.3. The summed E-state index contributed by atoms with van der Waals surface area (Å²) >= 11 is 0. The largest absolute Gasteiger partial charge is 0.474 e. The van der Waals surface area contributed by atoms with E-state index >= 15 is 4.39 Å². The molecule has 3 aliphatic rings. The molecule has 2 aromatic heterocycles. The third-order valence-electron chi connectivity index (χ3n) is 7.14. The summed E-state index contributed by atoms with van der Waals surface area (Å²) in [7, 11) is 0. The molecule has 2 aliphatic heterocycles. The lowest BCUT2D eigenvalue weighted by Crippen LogP contribution is -2.55. The summed E-state index contributed by atoms with van der Waals surface area (Å²) < 4.78 is 21.0. The first-order valence-corrected chi connectivity index (χ1v) is 11.2. The van der Waals surface area contributed by atoms with Gasteiger partial charge >= 0.3 is 0 Å². The maximum absolute atomic E-state index is 15.0. The predicted octanol–water partition coefficient (Wildman–Crippen LogP) is 2.29. The van der Waals surface area contributed by atoms with Crippen LogP contribution < -0.4 is 9.64 Å². The molecule has 172 valence electrons. The van der Waals surface area contributed by atoms with Gasteiger partial charge in [-0.3, -0.25) is 14.7 Å². The topological polar surface area (TPSA) is 115 Å². The number of carbonyl (C=O) groups is 2. The zero-order valence-electron chi connectivity index (χ0n) is 18.2. The van der Waals surface area contributed by atoms with E-state index in [4.69, 9.17) is 10.00 Å². The van der Waals surface area contributed by atoms with E-state index in [0.29, 0.717) is 55.0 Å². The third-order valence-corrected chi connectivity index (χ3v) is 7.14. The number of amides is 2. The fraction of sp³-hybridized carbons (Fsp3) is 0.375. The fourth-order valence-corrected chi connectivity index (χ4v) is 5.40. The second-order valence-corrected chi connectivity index (χ2v) is 9.16. The number of anilines is 1. The minimum Gasteiger partial charge on any atom is -0.474 e. The number of hydrogen-bond acceptors (Lipinski definition) is 6. The minimum absolute atomic E-state index is 0.167. The van der Waals surface area contributed by atoms with Gasteiger partial charge in [0, 0.05) is 37.6 Å². The number of nitrogens with zero attached hydrogens (tertiary/aromatic N) is 5. The Hall–Kier alpha value is -4.00. The summed E-state index contributed by atoms with van der Waals surface area (Å²) in [6.07, 6.45) is 2.53. The number of benzene rings is 1. The Morgan fingerprint density at radius 2 is 2.18 bits per heavy atom. The van der Waals surface area contributed by atoms with Crippen LogP contribution in [0.2, 0.25) is 0 Å². The summed E-state index contributed by atoms with van der Waals surface area (Å²) in [6.45, 7) is 0.687. The van der Waals surface area contributed by atoms with E-state index in [-0.39, 0.29) is 30.4 Å². The van der Waals surface area contributed by atoms with E-state index in [0.717, 1.165) is 5.52 Å². The van der Waals surface area contributed by atoms with Crippen molar-refractivity contribution < 1.29 is 18.7 Å². The second kappa shape index (κ2) is 7.52. The number of pyridine rings is 1. The predicted molar refractivity (Wildman–Crippen MR) is 118 cm³/mol. The minimum atomic E-state index is -1.05. The highest BCUT2D eigenvalue weighted by Crippen LogP contribution is 2.55. The second-order valence-electron chi connectivity index (χ2n) is 9.16. The van der Waals surface area contributed by atoms with E-state index in [1.54, 1.807) is 29.3 Å². The maximum Gasteiger partial charge on any atom is 0.242 e. The van der Waals surface area contributed by atoms with Crippen LogP contribution in [0, 0.1) is 23.1 Å². The number of fused-ring (bicyclic) bond motifs is 3. The molecule has 10 heteroatoms. The Balaban J connectivity index is 1.22. The Kier molecular flexibility index (Phi) is 4.55. The monoisotopic (exact) mass is 460 g/mol. The number of aromatic nitrogens is 3. The first kappa shape index (κ1) is 20.6. The molecule has 2 amide bonds. The number of nitriles is 1. The van der Waals surface area contributed by atoms with Crippen molar-refractivity contribution in [2.45, 2.75) is 30.8 Å². The summed E-state index contributed by atoms with van der Waals surface area (Å²) in [5, 5.41) is 15.9. The van der Waals surface area contributed by atoms with Gasteiger partial charge < -0.3 is 14.5 Å². The quantitative estimate of drug-likeness (QED) is 0.639. The van der Waals surface area contributed by atoms with Crippen molar-refractivity contribution in [2.24, 2.45) is 5.92 Å². The zero-order chi connectivity index (χ0) is 23.4. The molecule has 6 rings (SSSR count). The van der Waals surface area contributed by atoms with Gasteiger partial charge in [-0.2, -0.15) is 10.4 Å². The summed E-state index contributed by atoms with van der Waals surface area (Å²) in [5.74, 6) is -0.740. The number of aromatic amines is 1. The van der Waals surface area contributed by atoms with Crippen molar-refractivity contribution in [1.29, 1.82) is 5.26 Å². The van der Waals surface area contributed by atoms with Gasteiger partial charge in [0.05, 0.1) is 34.8 Å². The molecule has 1 atom stereocenters. The highest BCUT2D eigenvalue weighted by atomic mass is 19.1. The van der Waals surface area contributed by atoms with E-state index in [2.05, 4.69) is 21.3 Å². The van der Waals surface area contributed by atoms with Gasteiger partial charge in [0.1, 0.15) is 24.0 Å². The van der Waals surface area contributed by atoms with Crippen molar-refractivity contribution in [3.63, 3.8) is 0 Å². The SMILES string of the molecule is N#CC1CCN(C(=O)CN2C(=O)C3(CC(Oc4ccc5[nH]ncc5n4)C3)c3c(F)cccc32)C1. The average Bonchev–Trinajstić information content (AvgIpc) is 3.52. The molecule has 1 saturated heterocycles. The number of ether oxygens (including phenoxy) is 1. The van der Waals surface area contributed by atoms with Crippen LogP contribution >= 0.6 is 0 Å². The molecule has 1 N–H and O–H groups in total. The van der Waals surface area contributed by atoms with Gasteiger partial charge in [0.15, 0.2) is 0 Å². The van der Waals surface area contributed by atoms with Gasteiger partial charge in [0.2, 0.25) is 17.7 Å². The normalized spacial score (nSPS) is 25.5. The molecule has 4 heterocycles. The van der Waals surface area contributed by atoms with Crippen LogP contribution in [0.15, 0.2) is 36.5 Å². The van der Waals surface area contributed by atoms with Gasteiger partial charge in [-0.1, -0.05) is 6.07 Å². The first-order valence-electron chi connectivity index (χ1n) is 11.2. The lowest BCUT2D eigenvalue weighted by molar-refractivity contribution is -0.134. The van der Waals surface area contributed by atoms with Gasteiger partial charge in [-0.15, -0.1) is 0 Å². The molecular weight excluding hydrogens is 439 g/mol. The summed E-state index contributed by atoms with van der Waals surface area (Å²) in [5.41, 5.74) is 1.18. The van der Waals surface area contributed by atoms with Crippen LogP contribution in [-0.4, -0.2) is 57.6 Å². The van der Waals surface area contributed by atoms with Crippen molar-refractivity contribution in [3.05, 3.63) is 47.9 Å². The highest BCUT2D eigenvalue weighted by molar-refractivity contribution is 6.11. The lowest BCUT2D eigenvalue weighted by atomic mass is 9.63. The summed E-state index contributed by atoms with van der Waals surface area (Å²) in [4.78, 5) is 33.9. The number of halogens is 1. The number of H-pyrrole nitrogens is 1. The van der Waals surface area contributed by atoms with Crippen molar-refractivity contribution in [1.82, 2.24) is 20.1 Å². The van der Waals surface area contributed by atoms with Gasteiger partial charge in [-0.05, 0) is 24.6 Å². The molecule has 1 aliphatic carbocycles. The Morgan fingerprint density at radius 1 is 1.32 bits per heavy atom. The van der Waals surface area contributed by atoms with E-state index < -0.39 is 11.2 Å². The van der Waals surface area contributed by atoms with Crippen LogP contribution in [0.5, 0.6) is 5.88 Å². The van der Waals surface area contributed by atoms with Gasteiger partial charge in [0.25, 0.3) is 0 Å². The van der Waals surface area contributed by atoms with E-state index in [1.165, 1.54) is 11.0 Å². The molecule has 0 radical (unpaired) electrons. The number of likely N-dealkylation sites (tertiary alicyclic amines) is 1. The van der Waals surface area contributed by atoms with Crippen LogP contribution in [0.1, 0.15) is 24.8 Å². The molecule has 1 unspecified atom stereocenters. The molecular formula is C24H21FN6O3. The molecule has 9 nitrogen and oxygen atoms in total. The van der Waals surface area contributed by atoms with Crippen LogP contribution in [-0.2, 0) is 15.0 Å². The Bertz CT molecular complexity index is 1360. The van der Waals surface area contributed by atoms with Crippen molar-refractivity contribution >= 4 is 28.5 Å². The number of carbonyl (C=O) groups excluding carboxylic acids is 2. The third kappa shape index (κ3) is 3.04. The highest BCUT2D eigenvalue weighted by Gasteiger charge is 2.61. The van der Waals surface area contributed by atoms with E-state index in [9.17, 15) is 9.59 Å². The fourth-order valence-electron chi connectivity index (χ4n) is 5.40. The van der Waals surface area contributed by atoms with Crippen LogP contribution in [0.4, 0.5) is 10.1 Å². The Morgan fingerprint density at radius 3 is 2.97 bits per heavy atom. The molecule has 34 heavy (non-hydrogen) atoms. The van der Waals surface area contributed by atoms with Gasteiger partial charge in [-0.25, -0.2) is 9.37 Å². The average molecular weight is 460 g/mol. The van der Waals surface area contributed by atoms with Crippen LogP contribution in [0.25, 0.3) is 11.0 Å². The van der Waals surface area contributed by atoms with Crippen molar-refractivity contribution in [3.8, 4) is 11.9 Å². The van der Waals surface area contributed by atoms with Crippen LogP contribution in [0.3, 0.4) is 0 Å². The molecule has 1 saturated carbocycles. The standard InChI is InChI=1S/C24H21FN6O3/c25-16-2-1-3-19-22(16)24(23(33)31(19)13-21(32)30-7-6-14(10-26)12-30)8-15(9-24)34-20-5-4-17-18(28-20)11-27-29-17/h1-5,11,14-15H,6-9,12-13H2,(H,27,29). The van der Waals surface area contributed by atoms with Crippen molar-refractivity contribution in [2.75, 3.05) is 24.5 Å². The first-order chi connectivity index (χ1) is 16.5. The number of nitrogens with one attached hydrogen (secondary N) is 1.